The molecule has 8 nitrogen and oxygen atoms in total. The van der Waals surface area contributed by atoms with Crippen molar-refractivity contribution in [3.8, 4) is 0 Å². The monoisotopic (exact) mass is 538 g/mol. The molecule has 0 amide bonds. The number of alkyl halides is 3. The Hall–Kier alpha value is -3.19. The molecule has 0 bridgehead atoms. The van der Waals surface area contributed by atoms with Crippen LogP contribution in [0, 0.1) is 5.82 Å². The van der Waals surface area contributed by atoms with Crippen molar-refractivity contribution in [2.45, 2.75) is 18.6 Å². The van der Waals surface area contributed by atoms with Crippen molar-refractivity contribution in [2.75, 3.05) is 68.1 Å². The molecule has 2 aromatic rings. The van der Waals surface area contributed by atoms with E-state index in [-0.39, 0.29) is 10.9 Å². The number of likely N-dealkylation sites (N-methyl/N-ethyl adjacent to an activating group) is 1. The minimum absolute atomic E-state index is 0.0177. The molecular formula is C24H30F4N8S. The molecule has 3 N–H and O–H groups in total. The fourth-order valence-corrected chi connectivity index (χ4v) is 4.70. The van der Waals surface area contributed by atoms with Gasteiger partial charge in [-0.3, -0.25) is 5.43 Å². The number of nitrogens with one attached hydrogen (secondary N) is 1. The van der Waals surface area contributed by atoms with E-state index in [0.717, 1.165) is 37.5 Å². The number of hydrogen-bond acceptors (Lipinski definition) is 7. The van der Waals surface area contributed by atoms with Gasteiger partial charge in [0.25, 0.3) is 0 Å². The van der Waals surface area contributed by atoms with Crippen LogP contribution in [0.2, 0.25) is 0 Å². The van der Waals surface area contributed by atoms with Crippen molar-refractivity contribution in [3.63, 3.8) is 0 Å². The molecule has 13 heteroatoms. The van der Waals surface area contributed by atoms with Crippen molar-refractivity contribution in [3.05, 3.63) is 47.4 Å². The summed E-state index contributed by atoms with van der Waals surface area (Å²) >= 11 is 4.79. The molecule has 2 aliphatic heterocycles. The SMILES string of the molecule is CN(C)[C@@H]1CCN(c2cc(N3CCN(c4ccc(C(F)(F)F)cn4)CC3)c(F)cc2C=NNC(N)=S)C1. The number of nitrogens with zero attached hydrogens (tertiary/aromatic N) is 6. The number of benzene rings is 1. The number of aromatic nitrogens is 1. The molecule has 3 heterocycles. The van der Waals surface area contributed by atoms with E-state index in [2.05, 4.69) is 25.3 Å². The van der Waals surface area contributed by atoms with Gasteiger partial charge in [-0.1, -0.05) is 0 Å². The van der Waals surface area contributed by atoms with Crippen LogP contribution in [0.1, 0.15) is 17.5 Å². The van der Waals surface area contributed by atoms with Gasteiger partial charge >= 0.3 is 6.18 Å². The van der Waals surface area contributed by atoms with Crippen molar-refractivity contribution < 1.29 is 17.6 Å². The van der Waals surface area contributed by atoms with E-state index in [1.807, 2.05) is 30.0 Å². The van der Waals surface area contributed by atoms with Gasteiger partial charge in [-0.05, 0) is 57.0 Å². The molecule has 0 aliphatic carbocycles. The Labute approximate surface area is 218 Å². The van der Waals surface area contributed by atoms with Gasteiger partial charge < -0.3 is 25.3 Å². The zero-order valence-corrected chi connectivity index (χ0v) is 21.5. The summed E-state index contributed by atoms with van der Waals surface area (Å²) < 4.78 is 53.9. The summed E-state index contributed by atoms with van der Waals surface area (Å²) in [5.74, 6) is 0.0856. The van der Waals surface area contributed by atoms with Gasteiger partial charge in [-0.25, -0.2) is 9.37 Å². The smallest absolute Gasteiger partial charge is 0.375 e. The van der Waals surface area contributed by atoms with Crippen LogP contribution < -0.4 is 25.9 Å². The number of thiocarbonyl (C=S) groups is 1. The fraction of sp³-hybridized carbons (Fsp3) is 0.458. The molecule has 1 aromatic heterocycles. The summed E-state index contributed by atoms with van der Waals surface area (Å²) in [6, 6.07) is 6.10. The normalized spacial score (nSPS) is 18.8. The van der Waals surface area contributed by atoms with E-state index in [9.17, 15) is 13.2 Å². The lowest BCUT2D eigenvalue weighted by atomic mass is 10.1. The van der Waals surface area contributed by atoms with E-state index < -0.39 is 11.7 Å². The van der Waals surface area contributed by atoms with Gasteiger partial charge in [0, 0.05) is 62.8 Å². The van der Waals surface area contributed by atoms with Crippen LogP contribution in [-0.4, -0.2) is 80.6 Å². The molecule has 2 fully saturated rings. The summed E-state index contributed by atoms with van der Waals surface area (Å²) in [5, 5.41) is 4.05. The summed E-state index contributed by atoms with van der Waals surface area (Å²) in [6.45, 7) is 3.62. The molecular weight excluding hydrogens is 508 g/mol. The van der Waals surface area contributed by atoms with Gasteiger partial charge in [0.15, 0.2) is 5.11 Å². The van der Waals surface area contributed by atoms with Gasteiger partial charge in [0.05, 0.1) is 17.5 Å². The molecule has 0 spiro atoms. The maximum Gasteiger partial charge on any atom is 0.417 e. The third kappa shape index (κ3) is 6.39. The van der Waals surface area contributed by atoms with Crippen LogP contribution in [0.3, 0.4) is 0 Å². The van der Waals surface area contributed by atoms with Crippen LogP contribution in [0.25, 0.3) is 0 Å². The lowest BCUT2D eigenvalue weighted by molar-refractivity contribution is -0.137. The zero-order chi connectivity index (χ0) is 26.7. The Bertz CT molecular complexity index is 1130. The Morgan fingerprint density at radius 1 is 1.11 bits per heavy atom. The third-order valence-electron chi connectivity index (χ3n) is 6.73. The molecule has 200 valence electrons. The largest absolute Gasteiger partial charge is 0.417 e. The van der Waals surface area contributed by atoms with Crippen LogP contribution in [0.4, 0.5) is 34.8 Å². The minimum Gasteiger partial charge on any atom is -0.375 e. The average molecular weight is 539 g/mol. The lowest BCUT2D eigenvalue weighted by Gasteiger charge is -2.37. The summed E-state index contributed by atoms with van der Waals surface area (Å²) in [6.07, 6.45) is -1.08. The van der Waals surface area contributed by atoms with Gasteiger partial charge in [0.1, 0.15) is 11.6 Å². The van der Waals surface area contributed by atoms with E-state index in [0.29, 0.717) is 49.3 Å². The van der Waals surface area contributed by atoms with E-state index in [1.165, 1.54) is 18.3 Å². The number of rotatable bonds is 6. The average Bonchev–Trinajstić information content (AvgIpc) is 3.34. The molecule has 4 rings (SSSR count). The highest BCUT2D eigenvalue weighted by Gasteiger charge is 2.31. The molecule has 0 saturated carbocycles. The number of hydrazone groups is 1. The van der Waals surface area contributed by atoms with Crippen LogP contribution in [-0.2, 0) is 6.18 Å². The predicted molar refractivity (Wildman–Crippen MR) is 142 cm³/mol. The molecule has 37 heavy (non-hydrogen) atoms. The number of hydrogen-bond donors (Lipinski definition) is 2. The van der Waals surface area contributed by atoms with Gasteiger partial charge in [-0.2, -0.15) is 18.3 Å². The second-order valence-corrected chi connectivity index (χ2v) is 9.77. The second kappa shape index (κ2) is 11.1. The Kier molecular flexibility index (Phi) is 8.02. The summed E-state index contributed by atoms with van der Waals surface area (Å²) in [7, 11) is 4.09. The fourth-order valence-electron chi connectivity index (χ4n) is 4.65. The van der Waals surface area contributed by atoms with Crippen molar-refractivity contribution in [1.29, 1.82) is 0 Å². The highest BCUT2D eigenvalue weighted by atomic mass is 32.1. The summed E-state index contributed by atoms with van der Waals surface area (Å²) in [5.41, 5.74) is 9.13. The van der Waals surface area contributed by atoms with E-state index in [1.54, 1.807) is 0 Å². The first-order chi connectivity index (χ1) is 17.5. The van der Waals surface area contributed by atoms with Crippen molar-refractivity contribution in [1.82, 2.24) is 15.3 Å². The zero-order valence-electron chi connectivity index (χ0n) is 20.7. The summed E-state index contributed by atoms with van der Waals surface area (Å²) in [4.78, 5) is 12.2. The Morgan fingerprint density at radius 2 is 1.81 bits per heavy atom. The Morgan fingerprint density at radius 3 is 2.38 bits per heavy atom. The highest BCUT2D eigenvalue weighted by Crippen LogP contribution is 2.33. The number of nitrogens with two attached hydrogens (primary N) is 1. The molecule has 1 aromatic carbocycles. The highest BCUT2D eigenvalue weighted by molar-refractivity contribution is 7.80. The maximum atomic E-state index is 15.3. The first-order valence-electron chi connectivity index (χ1n) is 11.9. The van der Waals surface area contributed by atoms with E-state index >= 15 is 4.39 Å². The van der Waals surface area contributed by atoms with Crippen molar-refractivity contribution in [2.24, 2.45) is 10.8 Å². The number of pyridine rings is 1. The third-order valence-corrected chi connectivity index (χ3v) is 6.82. The number of piperazine rings is 1. The Balaban J connectivity index is 1.53. The first-order valence-corrected chi connectivity index (χ1v) is 12.3. The standard InChI is InChI=1S/C24H30F4N8S/c1-33(2)18-5-6-36(15-18)20-12-21(19(25)11-16(20)13-31-32-23(29)37)34-7-9-35(10-8-34)22-4-3-17(14-30-22)24(26,27)28/h3-4,11-14,18H,5-10,15H2,1-2H3,(H3,29,32,37)/t18-/m1/s1. The topological polar surface area (TPSA) is 76.3 Å². The lowest BCUT2D eigenvalue weighted by Crippen LogP contribution is -2.47. The van der Waals surface area contributed by atoms with Crippen LogP contribution >= 0.6 is 12.2 Å². The molecule has 0 radical (unpaired) electrons. The van der Waals surface area contributed by atoms with E-state index in [4.69, 9.17) is 18.0 Å². The van der Waals surface area contributed by atoms with Gasteiger partial charge in [0.2, 0.25) is 0 Å². The number of anilines is 3. The molecule has 2 saturated heterocycles. The van der Waals surface area contributed by atoms with Crippen molar-refractivity contribution >= 4 is 40.7 Å². The molecule has 2 aliphatic rings. The molecule has 0 unspecified atom stereocenters. The predicted octanol–water partition coefficient (Wildman–Crippen LogP) is 2.87. The number of halogens is 4. The first kappa shape index (κ1) is 26.9. The second-order valence-electron chi connectivity index (χ2n) is 9.33. The minimum atomic E-state index is -4.43. The van der Waals surface area contributed by atoms with Gasteiger partial charge in [-0.15, -0.1) is 0 Å². The quantitative estimate of drug-likeness (QED) is 0.252. The van der Waals surface area contributed by atoms with Crippen LogP contribution in [0.5, 0.6) is 0 Å². The van der Waals surface area contributed by atoms with Crippen LogP contribution in [0.15, 0.2) is 35.6 Å². The maximum absolute atomic E-state index is 15.3. The molecule has 1 atom stereocenters.